The molecule has 0 radical (unpaired) electrons. The lowest BCUT2D eigenvalue weighted by atomic mass is 10.1. The van der Waals surface area contributed by atoms with Crippen LogP contribution in [0.15, 0.2) is 64.5 Å². The molecule has 8 nitrogen and oxygen atoms in total. The van der Waals surface area contributed by atoms with Gasteiger partial charge in [-0.15, -0.1) is 0 Å². The summed E-state index contributed by atoms with van der Waals surface area (Å²) in [7, 11) is -2.24. The van der Waals surface area contributed by atoms with Crippen molar-refractivity contribution in [2.45, 2.75) is 10.9 Å². The van der Waals surface area contributed by atoms with Crippen LogP contribution in [0.5, 0.6) is 0 Å². The molecule has 4 aromatic rings. The highest BCUT2D eigenvalue weighted by molar-refractivity contribution is 7.89. The molecular weight excluding hydrogens is 385 g/mol. The molecule has 0 bridgehead atoms. The van der Waals surface area contributed by atoms with Gasteiger partial charge in [0.2, 0.25) is 10.0 Å². The van der Waals surface area contributed by atoms with E-state index >= 15 is 0 Å². The zero-order chi connectivity index (χ0) is 19.9. The summed E-state index contributed by atoms with van der Waals surface area (Å²) in [4.78, 5) is 20.7. The third-order valence-corrected chi connectivity index (χ3v) is 5.81. The SMILES string of the molecule is Cn1ccnc1C(NS(=O)(=O)c1ccc2[nH]c(=O)[nH]c2c1)c1ccc(F)cc1. The monoisotopic (exact) mass is 401 g/mol. The Kier molecular flexibility index (Phi) is 4.36. The van der Waals surface area contributed by atoms with E-state index in [4.69, 9.17) is 0 Å². The number of fused-ring (bicyclic) bond motifs is 1. The largest absolute Gasteiger partial charge is 0.336 e. The Morgan fingerprint density at radius 3 is 2.50 bits per heavy atom. The maximum absolute atomic E-state index is 13.3. The van der Waals surface area contributed by atoms with Crippen molar-refractivity contribution in [2.75, 3.05) is 0 Å². The lowest BCUT2D eigenvalue weighted by molar-refractivity contribution is 0.562. The Morgan fingerprint density at radius 1 is 1.11 bits per heavy atom. The summed E-state index contributed by atoms with van der Waals surface area (Å²) in [6.45, 7) is 0. The van der Waals surface area contributed by atoms with Crippen molar-refractivity contribution in [1.29, 1.82) is 0 Å². The van der Waals surface area contributed by atoms with Crippen LogP contribution in [-0.2, 0) is 17.1 Å². The Morgan fingerprint density at radius 2 is 1.82 bits per heavy atom. The predicted molar refractivity (Wildman–Crippen MR) is 101 cm³/mol. The van der Waals surface area contributed by atoms with Crippen molar-refractivity contribution in [3.63, 3.8) is 0 Å². The molecule has 1 unspecified atom stereocenters. The fourth-order valence-electron chi connectivity index (χ4n) is 2.98. The number of hydrogen-bond acceptors (Lipinski definition) is 4. The number of nitrogens with one attached hydrogen (secondary N) is 3. The van der Waals surface area contributed by atoms with Crippen LogP contribution in [0.1, 0.15) is 17.4 Å². The Balaban J connectivity index is 1.77. The molecule has 0 amide bonds. The fourth-order valence-corrected chi connectivity index (χ4v) is 4.19. The molecule has 2 aromatic carbocycles. The molecule has 0 fully saturated rings. The van der Waals surface area contributed by atoms with Gasteiger partial charge in [0.25, 0.3) is 0 Å². The standard InChI is InChI=1S/C18H16FN5O3S/c1-24-9-8-20-17(24)16(11-2-4-12(19)5-3-11)23-28(26,27)13-6-7-14-15(10-13)22-18(25)21-14/h2-10,16,23H,1H3,(H2,21,22,25). The van der Waals surface area contributed by atoms with Crippen molar-refractivity contribution in [2.24, 2.45) is 7.05 Å². The van der Waals surface area contributed by atoms with E-state index in [-0.39, 0.29) is 4.90 Å². The highest BCUT2D eigenvalue weighted by Crippen LogP contribution is 2.24. The van der Waals surface area contributed by atoms with Gasteiger partial charge in [0.05, 0.1) is 15.9 Å². The van der Waals surface area contributed by atoms with E-state index in [2.05, 4.69) is 19.7 Å². The van der Waals surface area contributed by atoms with Crippen LogP contribution in [0.4, 0.5) is 4.39 Å². The first-order valence-electron chi connectivity index (χ1n) is 8.30. The van der Waals surface area contributed by atoms with Gasteiger partial charge in [-0.25, -0.2) is 22.6 Å². The van der Waals surface area contributed by atoms with Gasteiger partial charge in [-0.05, 0) is 35.9 Å². The van der Waals surface area contributed by atoms with Crippen molar-refractivity contribution in [3.8, 4) is 0 Å². The Bertz CT molecular complexity index is 1310. The number of rotatable bonds is 5. The summed E-state index contributed by atoms with van der Waals surface area (Å²) in [5.41, 5.74) is 0.997. The number of aromatic amines is 2. The van der Waals surface area contributed by atoms with Gasteiger partial charge in [-0.2, -0.15) is 4.72 Å². The molecule has 0 saturated carbocycles. The summed E-state index contributed by atoms with van der Waals surface area (Å²) in [6.07, 6.45) is 3.24. The van der Waals surface area contributed by atoms with E-state index in [1.807, 2.05) is 0 Å². The van der Waals surface area contributed by atoms with Crippen molar-refractivity contribution in [3.05, 3.63) is 82.5 Å². The van der Waals surface area contributed by atoms with Crippen LogP contribution >= 0.6 is 0 Å². The molecule has 2 aromatic heterocycles. The summed E-state index contributed by atoms with van der Waals surface area (Å²) in [5.74, 6) is 0.0263. The van der Waals surface area contributed by atoms with Crippen LogP contribution in [0.25, 0.3) is 11.0 Å². The minimum absolute atomic E-state index is 0.0171. The summed E-state index contributed by atoms with van der Waals surface area (Å²) in [5, 5.41) is 0. The van der Waals surface area contributed by atoms with Gasteiger partial charge in [0, 0.05) is 19.4 Å². The molecule has 0 aliphatic heterocycles. The summed E-state index contributed by atoms with van der Waals surface area (Å²) < 4.78 is 43.7. The number of benzene rings is 2. The summed E-state index contributed by atoms with van der Waals surface area (Å²) >= 11 is 0. The van der Waals surface area contributed by atoms with Gasteiger partial charge in [0.15, 0.2) is 0 Å². The minimum atomic E-state index is -3.98. The number of imidazole rings is 2. The van der Waals surface area contributed by atoms with E-state index in [1.54, 1.807) is 24.0 Å². The molecule has 0 saturated heterocycles. The second kappa shape index (κ2) is 6.73. The average Bonchev–Trinajstić information content (AvgIpc) is 3.24. The second-order valence-electron chi connectivity index (χ2n) is 6.29. The zero-order valence-corrected chi connectivity index (χ0v) is 15.5. The molecular formula is C18H16FN5O3S. The highest BCUT2D eigenvalue weighted by atomic mass is 32.2. The molecule has 28 heavy (non-hydrogen) atoms. The van der Waals surface area contributed by atoms with Crippen LogP contribution in [0, 0.1) is 5.82 Å². The van der Waals surface area contributed by atoms with E-state index in [0.717, 1.165) is 0 Å². The lowest BCUT2D eigenvalue weighted by Crippen LogP contribution is -2.31. The normalized spacial score (nSPS) is 13.1. The molecule has 2 heterocycles. The molecule has 4 rings (SSSR count). The number of H-pyrrole nitrogens is 2. The third-order valence-electron chi connectivity index (χ3n) is 4.39. The Labute approximate surface area is 159 Å². The quantitative estimate of drug-likeness (QED) is 0.473. The second-order valence-corrected chi connectivity index (χ2v) is 8.00. The van der Waals surface area contributed by atoms with Crippen LogP contribution < -0.4 is 10.4 Å². The Hall–Kier alpha value is -3.24. The first kappa shape index (κ1) is 18.1. The van der Waals surface area contributed by atoms with Gasteiger partial charge in [-0.3, -0.25) is 0 Å². The van der Waals surface area contributed by atoms with Crippen LogP contribution in [-0.4, -0.2) is 27.9 Å². The molecule has 1 atom stereocenters. The average molecular weight is 401 g/mol. The topological polar surface area (TPSA) is 113 Å². The molecule has 10 heteroatoms. The molecule has 0 aliphatic rings. The minimum Gasteiger partial charge on any atom is -0.336 e. The molecule has 144 valence electrons. The summed E-state index contributed by atoms with van der Waals surface area (Å²) in [6, 6.07) is 8.98. The zero-order valence-electron chi connectivity index (χ0n) is 14.7. The van der Waals surface area contributed by atoms with E-state index in [0.29, 0.717) is 22.4 Å². The van der Waals surface area contributed by atoms with Crippen molar-refractivity contribution < 1.29 is 12.8 Å². The van der Waals surface area contributed by atoms with Gasteiger partial charge in [-0.1, -0.05) is 12.1 Å². The predicted octanol–water partition coefficient (Wildman–Crippen LogP) is 1.80. The molecule has 3 N–H and O–H groups in total. The van der Waals surface area contributed by atoms with E-state index in [9.17, 15) is 17.6 Å². The van der Waals surface area contributed by atoms with Crippen LogP contribution in [0.2, 0.25) is 0 Å². The number of nitrogens with zero attached hydrogens (tertiary/aromatic N) is 2. The molecule has 0 spiro atoms. The number of halogens is 1. The highest BCUT2D eigenvalue weighted by Gasteiger charge is 2.26. The first-order valence-corrected chi connectivity index (χ1v) is 9.79. The smallest absolute Gasteiger partial charge is 0.323 e. The van der Waals surface area contributed by atoms with E-state index in [1.165, 1.54) is 42.5 Å². The maximum atomic E-state index is 13.3. The van der Waals surface area contributed by atoms with Crippen molar-refractivity contribution in [1.82, 2.24) is 24.2 Å². The van der Waals surface area contributed by atoms with Crippen LogP contribution in [0.3, 0.4) is 0 Å². The molecule has 0 aliphatic carbocycles. The number of aryl methyl sites for hydroxylation is 1. The van der Waals surface area contributed by atoms with Gasteiger partial charge in [0.1, 0.15) is 17.7 Å². The van der Waals surface area contributed by atoms with Gasteiger partial charge < -0.3 is 14.5 Å². The lowest BCUT2D eigenvalue weighted by Gasteiger charge is -2.19. The number of sulfonamides is 1. The first-order chi connectivity index (χ1) is 13.3. The third kappa shape index (κ3) is 3.35. The number of aromatic nitrogens is 4. The van der Waals surface area contributed by atoms with E-state index < -0.39 is 27.6 Å². The maximum Gasteiger partial charge on any atom is 0.323 e. The fraction of sp³-hybridized carbons (Fsp3) is 0.111. The number of hydrogen-bond donors (Lipinski definition) is 3. The van der Waals surface area contributed by atoms with Gasteiger partial charge >= 0.3 is 5.69 Å². The van der Waals surface area contributed by atoms with Crippen molar-refractivity contribution >= 4 is 21.1 Å².